The first-order valence-electron chi connectivity index (χ1n) is 6.33. The second-order valence-corrected chi connectivity index (χ2v) is 5.23. The third-order valence-corrected chi connectivity index (χ3v) is 3.49. The summed E-state index contributed by atoms with van der Waals surface area (Å²) in [5.41, 5.74) is -0.678. The van der Waals surface area contributed by atoms with Gasteiger partial charge in [0.05, 0.1) is 22.8 Å². The first-order valence-corrected chi connectivity index (χ1v) is 6.71. The van der Waals surface area contributed by atoms with Crippen LogP contribution in [0.15, 0.2) is 18.2 Å². The lowest BCUT2D eigenvalue weighted by Gasteiger charge is -2.11. The number of hydrogen-bond donors (Lipinski definition) is 1. The van der Waals surface area contributed by atoms with Crippen molar-refractivity contribution in [3.63, 3.8) is 0 Å². The second-order valence-electron chi connectivity index (χ2n) is 4.82. The highest BCUT2D eigenvalue weighted by Crippen LogP contribution is 2.35. The van der Waals surface area contributed by atoms with Crippen molar-refractivity contribution in [2.24, 2.45) is 0 Å². The van der Waals surface area contributed by atoms with Gasteiger partial charge in [-0.1, -0.05) is 11.6 Å². The smallest absolute Gasteiger partial charge is 0.307 e. The van der Waals surface area contributed by atoms with Crippen LogP contribution in [-0.4, -0.2) is 26.2 Å². The number of benzene rings is 1. The lowest BCUT2D eigenvalue weighted by molar-refractivity contribution is -0.137. The van der Waals surface area contributed by atoms with Crippen molar-refractivity contribution >= 4 is 11.6 Å². The van der Waals surface area contributed by atoms with E-state index in [4.69, 9.17) is 11.6 Å². The fourth-order valence-electron chi connectivity index (χ4n) is 1.90. The van der Waals surface area contributed by atoms with E-state index < -0.39 is 11.7 Å². The third kappa shape index (κ3) is 3.16. The molecule has 1 saturated carbocycles. The average Bonchev–Trinajstić information content (AvgIpc) is 3.13. The third-order valence-electron chi connectivity index (χ3n) is 3.16. The van der Waals surface area contributed by atoms with Gasteiger partial charge >= 0.3 is 6.18 Å². The number of aromatic nitrogens is 4. The molecule has 1 N–H and O–H groups in total. The molecule has 0 atom stereocenters. The highest BCUT2D eigenvalue weighted by Gasteiger charge is 2.33. The lowest BCUT2D eigenvalue weighted by Crippen LogP contribution is -2.19. The number of tetrazole rings is 1. The molecule has 1 fully saturated rings. The molecule has 0 bridgehead atoms. The molecule has 0 aliphatic heterocycles. The molecule has 1 aliphatic rings. The molecule has 112 valence electrons. The number of rotatable bonds is 4. The maximum atomic E-state index is 12.9. The van der Waals surface area contributed by atoms with Crippen LogP contribution < -0.4 is 5.32 Å². The molecule has 2 aromatic rings. The predicted octanol–water partition coefficient (Wildman–Crippen LogP) is 2.59. The molecule has 9 heteroatoms. The Hall–Kier alpha value is -1.67. The topological polar surface area (TPSA) is 55.6 Å². The number of nitrogens with one attached hydrogen (secondary N) is 1. The van der Waals surface area contributed by atoms with Crippen LogP contribution in [0, 0.1) is 0 Å². The summed E-state index contributed by atoms with van der Waals surface area (Å²) in [5.74, 6) is 0.456. The number of nitrogens with zero attached hydrogens (tertiary/aromatic N) is 4. The Balaban J connectivity index is 1.91. The summed E-state index contributed by atoms with van der Waals surface area (Å²) >= 11 is 5.60. The van der Waals surface area contributed by atoms with Crippen molar-refractivity contribution in [3.05, 3.63) is 34.6 Å². The molecule has 21 heavy (non-hydrogen) atoms. The quantitative estimate of drug-likeness (QED) is 0.941. The van der Waals surface area contributed by atoms with E-state index in [1.165, 1.54) is 16.8 Å². The fourth-order valence-corrected chi connectivity index (χ4v) is 2.13. The molecule has 0 spiro atoms. The molecule has 0 saturated heterocycles. The van der Waals surface area contributed by atoms with E-state index in [2.05, 4.69) is 20.8 Å². The van der Waals surface area contributed by atoms with Crippen molar-refractivity contribution in [2.75, 3.05) is 0 Å². The summed E-state index contributed by atoms with van der Waals surface area (Å²) in [6, 6.07) is 4.04. The van der Waals surface area contributed by atoms with Gasteiger partial charge in [0.15, 0.2) is 5.82 Å². The van der Waals surface area contributed by atoms with Crippen LogP contribution >= 0.6 is 11.6 Å². The predicted molar refractivity (Wildman–Crippen MR) is 69.0 cm³/mol. The van der Waals surface area contributed by atoms with E-state index in [1.807, 2.05) is 0 Å². The molecule has 0 amide bonds. The van der Waals surface area contributed by atoms with Gasteiger partial charge in [-0.3, -0.25) is 0 Å². The largest absolute Gasteiger partial charge is 0.417 e. The van der Waals surface area contributed by atoms with Crippen LogP contribution in [0.25, 0.3) is 5.69 Å². The molecular formula is C12H11ClF3N5. The van der Waals surface area contributed by atoms with Crippen molar-refractivity contribution < 1.29 is 13.2 Å². The van der Waals surface area contributed by atoms with Gasteiger partial charge in [-0.2, -0.15) is 17.9 Å². The first-order chi connectivity index (χ1) is 9.95. The molecular weight excluding hydrogens is 307 g/mol. The highest BCUT2D eigenvalue weighted by atomic mass is 35.5. The van der Waals surface area contributed by atoms with E-state index >= 15 is 0 Å². The zero-order chi connectivity index (χ0) is 15.0. The van der Waals surface area contributed by atoms with Gasteiger partial charge in [-0.25, -0.2) is 0 Å². The van der Waals surface area contributed by atoms with E-state index in [0.717, 1.165) is 18.9 Å². The standard InChI is InChI=1S/C12H11ClF3N5/c13-10-4-3-8(5-9(10)12(14,15)16)21-11(18-19-20-21)6-17-7-1-2-7/h3-5,7,17H,1-2,6H2. The Morgan fingerprint density at radius 3 is 2.76 bits per heavy atom. The number of halogens is 4. The summed E-state index contributed by atoms with van der Waals surface area (Å²) in [7, 11) is 0. The van der Waals surface area contributed by atoms with Gasteiger partial charge in [0.2, 0.25) is 0 Å². The van der Waals surface area contributed by atoms with E-state index in [-0.39, 0.29) is 10.7 Å². The van der Waals surface area contributed by atoms with Gasteiger partial charge < -0.3 is 5.32 Å². The molecule has 3 rings (SSSR count). The summed E-state index contributed by atoms with van der Waals surface area (Å²) in [4.78, 5) is 0. The normalized spacial score (nSPS) is 15.4. The molecule has 0 radical (unpaired) electrons. The zero-order valence-corrected chi connectivity index (χ0v) is 11.5. The SMILES string of the molecule is FC(F)(F)c1cc(-n2nnnc2CNC2CC2)ccc1Cl. The maximum absolute atomic E-state index is 12.9. The molecule has 1 aromatic heterocycles. The number of hydrogen-bond acceptors (Lipinski definition) is 4. The van der Waals surface area contributed by atoms with Crippen molar-refractivity contribution in [2.45, 2.75) is 31.6 Å². The van der Waals surface area contributed by atoms with Gasteiger partial charge in [0.1, 0.15) is 0 Å². The minimum Gasteiger partial charge on any atom is -0.307 e. The first kappa shape index (κ1) is 14.3. The highest BCUT2D eigenvalue weighted by molar-refractivity contribution is 6.31. The van der Waals surface area contributed by atoms with Crippen molar-refractivity contribution in [1.29, 1.82) is 0 Å². The Morgan fingerprint density at radius 1 is 1.33 bits per heavy atom. The Morgan fingerprint density at radius 2 is 2.10 bits per heavy atom. The fraction of sp³-hybridized carbons (Fsp3) is 0.417. The summed E-state index contributed by atoms with van der Waals surface area (Å²) in [6.07, 6.45) is -2.32. The van der Waals surface area contributed by atoms with E-state index in [1.54, 1.807) is 0 Å². The molecule has 1 aliphatic carbocycles. The van der Waals surface area contributed by atoms with Gasteiger partial charge in [-0.05, 0) is 41.5 Å². The van der Waals surface area contributed by atoms with Crippen LogP contribution in [0.3, 0.4) is 0 Å². The van der Waals surface area contributed by atoms with Crippen molar-refractivity contribution in [1.82, 2.24) is 25.5 Å². The van der Waals surface area contributed by atoms with Gasteiger partial charge in [-0.15, -0.1) is 5.10 Å². The van der Waals surface area contributed by atoms with Crippen LogP contribution in [0.5, 0.6) is 0 Å². The molecule has 0 unspecified atom stereocenters. The van der Waals surface area contributed by atoms with Crippen molar-refractivity contribution in [3.8, 4) is 5.69 Å². The van der Waals surface area contributed by atoms with Crippen LogP contribution in [0.1, 0.15) is 24.2 Å². The minimum atomic E-state index is -4.52. The molecule has 1 heterocycles. The summed E-state index contributed by atoms with van der Waals surface area (Å²) in [5, 5.41) is 14.0. The minimum absolute atomic E-state index is 0.226. The van der Waals surface area contributed by atoms with E-state index in [9.17, 15) is 13.2 Å². The second kappa shape index (κ2) is 5.27. The Bertz CT molecular complexity index is 651. The monoisotopic (exact) mass is 317 g/mol. The summed E-state index contributed by atoms with van der Waals surface area (Å²) in [6.45, 7) is 0.404. The summed E-state index contributed by atoms with van der Waals surface area (Å²) < 4.78 is 39.9. The van der Waals surface area contributed by atoms with Crippen LogP contribution in [-0.2, 0) is 12.7 Å². The van der Waals surface area contributed by atoms with Crippen LogP contribution in [0.2, 0.25) is 5.02 Å². The Labute approximate surface area is 123 Å². The van der Waals surface area contributed by atoms with Crippen LogP contribution in [0.4, 0.5) is 13.2 Å². The van der Waals surface area contributed by atoms with E-state index in [0.29, 0.717) is 18.4 Å². The number of alkyl halides is 3. The zero-order valence-electron chi connectivity index (χ0n) is 10.7. The van der Waals surface area contributed by atoms with Gasteiger partial charge in [0.25, 0.3) is 0 Å². The molecule has 5 nitrogen and oxygen atoms in total. The maximum Gasteiger partial charge on any atom is 0.417 e. The Kier molecular flexibility index (Phi) is 3.58. The average molecular weight is 318 g/mol. The lowest BCUT2D eigenvalue weighted by atomic mass is 10.2. The van der Waals surface area contributed by atoms with Gasteiger partial charge in [0, 0.05) is 6.04 Å². The molecule has 1 aromatic carbocycles.